The third kappa shape index (κ3) is 3.22. The molecular weight excluding hydrogens is 326 g/mol. The van der Waals surface area contributed by atoms with Gasteiger partial charge in [-0.25, -0.2) is 0 Å². The van der Waals surface area contributed by atoms with Crippen LogP contribution < -0.4 is 5.32 Å². The Balaban J connectivity index is 1.48. The van der Waals surface area contributed by atoms with Crippen LogP contribution in [0.25, 0.3) is 0 Å². The van der Waals surface area contributed by atoms with Crippen LogP contribution in [0.1, 0.15) is 32.1 Å². The summed E-state index contributed by atoms with van der Waals surface area (Å²) in [4.78, 5) is 29.8. The molecule has 1 N–H and O–H groups in total. The number of likely N-dealkylation sites (tertiary alicyclic amines) is 2. The van der Waals surface area contributed by atoms with E-state index in [4.69, 9.17) is 0 Å². The van der Waals surface area contributed by atoms with Gasteiger partial charge in [0.1, 0.15) is 5.54 Å². The molecule has 0 bridgehead atoms. The van der Waals surface area contributed by atoms with Crippen LogP contribution in [0.4, 0.5) is 5.69 Å². The van der Waals surface area contributed by atoms with Gasteiger partial charge in [0, 0.05) is 37.8 Å². The van der Waals surface area contributed by atoms with Gasteiger partial charge in [-0.3, -0.25) is 9.59 Å². The fraction of sp³-hybridized carbons (Fsp3) is 0.524. The Bertz CT molecular complexity index is 680. The van der Waals surface area contributed by atoms with Crippen LogP contribution in [0, 0.1) is 5.92 Å². The largest absolute Gasteiger partial charge is 0.371 e. The summed E-state index contributed by atoms with van der Waals surface area (Å²) in [7, 11) is 0. The maximum Gasteiger partial charge on any atom is 0.248 e. The fourth-order valence-electron chi connectivity index (χ4n) is 4.20. The second-order valence-corrected chi connectivity index (χ2v) is 7.68. The van der Waals surface area contributed by atoms with Gasteiger partial charge in [-0.1, -0.05) is 30.4 Å². The lowest BCUT2D eigenvalue weighted by Crippen LogP contribution is -2.62. The topological polar surface area (TPSA) is 52.7 Å². The Labute approximate surface area is 155 Å². The minimum absolute atomic E-state index is 0.107. The number of hydrogen-bond acceptors (Lipinski definition) is 3. The van der Waals surface area contributed by atoms with Gasteiger partial charge in [0.05, 0.1) is 0 Å². The van der Waals surface area contributed by atoms with Crippen molar-refractivity contribution in [2.75, 3.05) is 31.5 Å². The van der Waals surface area contributed by atoms with E-state index in [0.717, 1.165) is 38.0 Å². The quantitative estimate of drug-likeness (QED) is 0.847. The number of nitrogens with one attached hydrogen (secondary N) is 1. The van der Waals surface area contributed by atoms with Crippen molar-refractivity contribution in [1.29, 1.82) is 0 Å². The molecule has 2 amide bonds. The zero-order valence-electron chi connectivity index (χ0n) is 15.2. The van der Waals surface area contributed by atoms with Crippen molar-refractivity contribution in [3.05, 3.63) is 42.5 Å². The maximum absolute atomic E-state index is 13.2. The summed E-state index contributed by atoms with van der Waals surface area (Å²) in [6.45, 7) is 3.00. The van der Waals surface area contributed by atoms with Crippen LogP contribution in [0.3, 0.4) is 0 Å². The number of carbonyl (C=O) groups is 2. The van der Waals surface area contributed by atoms with Crippen molar-refractivity contribution in [2.45, 2.75) is 37.6 Å². The van der Waals surface area contributed by atoms with Crippen molar-refractivity contribution in [2.24, 2.45) is 5.92 Å². The summed E-state index contributed by atoms with van der Waals surface area (Å²) in [5.41, 5.74) is 0.382. The molecular formula is C21H27N3O2. The molecule has 4 rings (SSSR count). The average Bonchev–Trinajstić information content (AvgIpc) is 3.16. The molecule has 5 heteroatoms. The molecule has 1 aliphatic carbocycles. The smallest absolute Gasteiger partial charge is 0.248 e. The van der Waals surface area contributed by atoms with E-state index in [0.29, 0.717) is 25.9 Å². The molecule has 26 heavy (non-hydrogen) atoms. The van der Waals surface area contributed by atoms with Gasteiger partial charge in [-0.2, -0.15) is 0 Å². The molecule has 0 atom stereocenters. The van der Waals surface area contributed by atoms with Crippen molar-refractivity contribution < 1.29 is 9.59 Å². The Morgan fingerprint density at radius 3 is 2.15 bits per heavy atom. The van der Waals surface area contributed by atoms with Gasteiger partial charge in [0.25, 0.3) is 0 Å². The average molecular weight is 353 g/mol. The van der Waals surface area contributed by atoms with E-state index in [2.05, 4.69) is 17.5 Å². The van der Waals surface area contributed by atoms with E-state index < -0.39 is 5.54 Å². The number of allylic oxidation sites excluding steroid dienone is 2. The van der Waals surface area contributed by atoms with Crippen LogP contribution in [0.5, 0.6) is 0 Å². The number of carbonyl (C=O) groups excluding carboxylic acids is 2. The molecule has 1 aromatic rings. The molecule has 3 aliphatic rings. The van der Waals surface area contributed by atoms with E-state index >= 15 is 0 Å². The van der Waals surface area contributed by atoms with Gasteiger partial charge in [-0.05, 0) is 44.2 Å². The van der Waals surface area contributed by atoms with E-state index in [1.165, 1.54) is 0 Å². The number of amides is 2. The van der Waals surface area contributed by atoms with E-state index in [-0.39, 0.29) is 17.7 Å². The normalized spacial score (nSPS) is 22.2. The lowest BCUT2D eigenvalue weighted by Gasteiger charge is -2.46. The van der Waals surface area contributed by atoms with Gasteiger partial charge < -0.3 is 15.1 Å². The lowest BCUT2D eigenvalue weighted by atomic mass is 9.84. The minimum atomic E-state index is -0.591. The molecule has 0 aromatic heterocycles. The van der Waals surface area contributed by atoms with Crippen molar-refractivity contribution in [3.63, 3.8) is 0 Å². The summed E-state index contributed by atoms with van der Waals surface area (Å²) in [6.07, 6.45) is 8.34. The van der Waals surface area contributed by atoms with Crippen LogP contribution in [0.2, 0.25) is 0 Å². The summed E-state index contributed by atoms with van der Waals surface area (Å²) >= 11 is 0. The SMILES string of the molecule is O=C(C1CC=CC1)N1CCC(Nc2ccccc2)(C(=O)N2CCC2)CC1. The third-order valence-corrected chi connectivity index (χ3v) is 6.00. The first-order valence-electron chi connectivity index (χ1n) is 9.74. The molecule has 2 saturated heterocycles. The van der Waals surface area contributed by atoms with Crippen molar-refractivity contribution >= 4 is 17.5 Å². The van der Waals surface area contributed by atoms with Crippen LogP contribution in [-0.2, 0) is 9.59 Å². The second-order valence-electron chi connectivity index (χ2n) is 7.68. The van der Waals surface area contributed by atoms with E-state index in [9.17, 15) is 9.59 Å². The molecule has 0 radical (unpaired) electrons. The first-order valence-corrected chi connectivity index (χ1v) is 9.74. The number of nitrogens with zero attached hydrogens (tertiary/aromatic N) is 2. The van der Waals surface area contributed by atoms with Gasteiger partial charge in [-0.15, -0.1) is 0 Å². The maximum atomic E-state index is 13.2. The van der Waals surface area contributed by atoms with E-state index in [1.54, 1.807) is 0 Å². The number of piperidine rings is 1. The summed E-state index contributed by atoms with van der Waals surface area (Å²) in [5.74, 6) is 0.553. The highest BCUT2D eigenvalue weighted by molar-refractivity contribution is 5.90. The highest BCUT2D eigenvalue weighted by Gasteiger charge is 2.46. The van der Waals surface area contributed by atoms with Crippen molar-refractivity contribution in [1.82, 2.24) is 9.80 Å². The highest BCUT2D eigenvalue weighted by Crippen LogP contribution is 2.32. The highest BCUT2D eigenvalue weighted by atomic mass is 16.2. The van der Waals surface area contributed by atoms with Gasteiger partial charge in [0.2, 0.25) is 11.8 Å². The first kappa shape index (κ1) is 17.1. The first-order chi connectivity index (χ1) is 12.7. The molecule has 2 fully saturated rings. The molecule has 2 heterocycles. The molecule has 0 unspecified atom stereocenters. The fourth-order valence-corrected chi connectivity index (χ4v) is 4.20. The third-order valence-electron chi connectivity index (χ3n) is 6.00. The summed E-state index contributed by atoms with van der Waals surface area (Å²) in [5, 5.41) is 3.53. The standard InChI is InChI=1S/C21H27N3O2/c25-19(17-7-4-5-8-17)23-15-11-21(12-16-23,20(26)24-13-6-14-24)22-18-9-2-1-3-10-18/h1-5,9-10,17,22H,6-8,11-16H2. The molecule has 138 valence electrons. The Kier molecular flexibility index (Phi) is 4.70. The molecule has 5 nitrogen and oxygen atoms in total. The molecule has 0 saturated carbocycles. The number of para-hydroxylation sites is 1. The Morgan fingerprint density at radius 1 is 0.923 bits per heavy atom. The lowest BCUT2D eigenvalue weighted by molar-refractivity contribution is -0.145. The predicted octanol–water partition coefficient (Wildman–Crippen LogP) is 2.66. The predicted molar refractivity (Wildman–Crippen MR) is 102 cm³/mol. The zero-order chi connectivity index (χ0) is 18.0. The molecule has 1 aromatic carbocycles. The van der Waals surface area contributed by atoms with Crippen LogP contribution in [0.15, 0.2) is 42.5 Å². The number of anilines is 1. The summed E-state index contributed by atoms with van der Waals surface area (Å²) < 4.78 is 0. The molecule has 0 spiro atoms. The zero-order valence-corrected chi connectivity index (χ0v) is 15.2. The van der Waals surface area contributed by atoms with Crippen LogP contribution in [-0.4, -0.2) is 53.3 Å². The summed E-state index contributed by atoms with van der Waals surface area (Å²) in [6, 6.07) is 9.96. The Morgan fingerprint density at radius 2 is 1.58 bits per heavy atom. The Hall–Kier alpha value is -2.30. The second kappa shape index (κ2) is 7.14. The number of rotatable bonds is 4. The molecule has 2 aliphatic heterocycles. The van der Waals surface area contributed by atoms with Gasteiger partial charge in [0.15, 0.2) is 0 Å². The number of benzene rings is 1. The number of hydrogen-bond donors (Lipinski definition) is 1. The van der Waals surface area contributed by atoms with Crippen molar-refractivity contribution in [3.8, 4) is 0 Å². The van der Waals surface area contributed by atoms with Gasteiger partial charge >= 0.3 is 0 Å². The van der Waals surface area contributed by atoms with Crippen LogP contribution >= 0.6 is 0 Å². The minimum Gasteiger partial charge on any atom is -0.371 e. The monoisotopic (exact) mass is 353 g/mol. The van der Waals surface area contributed by atoms with E-state index in [1.807, 2.05) is 40.1 Å².